The minimum Gasteiger partial charge on any atom is -0.508 e. The molecule has 0 amide bonds. The van der Waals surface area contributed by atoms with Crippen LogP contribution in [0.25, 0.3) is 0 Å². The normalized spacial score (nSPS) is 9.60. The molecule has 0 aliphatic rings. The zero-order chi connectivity index (χ0) is 11.7. The summed E-state index contributed by atoms with van der Waals surface area (Å²) >= 11 is 0. The average molecular weight is 211 g/mol. The lowest BCUT2D eigenvalue weighted by Crippen LogP contribution is -2.21. The maximum absolute atomic E-state index is 8.65. The molecule has 0 aromatic heterocycles. The molecule has 0 aliphatic carbocycles. The van der Waals surface area contributed by atoms with Crippen molar-refractivity contribution in [3.05, 3.63) is 24.3 Å². The van der Waals surface area contributed by atoms with E-state index >= 15 is 0 Å². The first-order valence-electron chi connectivity index (χ1n) is 5.34. The van der Waals surface area contributed by atoms with Gasteiger partial charge >= 0.3 is 0 Å². The topological polar surface area (TPSA) is 43.7 Å². The number of hydrogen-bond donors (Lipinski definition) is 2. The average Bonchev–Trinajstić information content (AvgIpc) is 2.21. The molecule has 0 heterocycles. The van der Waals surface area contributed by atoms with Crippen LogP contribution in [0.3, 0.4) is 0 Å². The van der Waals surface area contributed by atoms with E-state index in [1.54, 1.807) is 6.07 Å². The van der Waals surface area contributed by atoms with Crippen molar-refractivity contribution < 1.29 is 10.2 Å². The number of phenols is 2. The highest BCUT2D eigenvalue weighted by Gasteiger charge is 1.89. The Hall–Kier alpha value is -1.22. The van der Waals surface area contributed by atoms with Gasteiger partial charge in [0.15, 0.2) is 0 Å². The third kappa shape index (κ3) is 6.80. The summed E-state index contributed by atoms with van der Waals surface area (Å²) in [5.41, 5.74) is 0. The molecule has 15 heavy (non-hydrogen) atoms. The van der Waals surface area contributed by atoms with Gasteiger partial charge in [-0.3, -0.25) is 0 Å². The van der Waals surface area contributed by atoms with Crippen molar-refractivity contribution in [1.82, 2.24) is 4.90 Å². The second kappa shape index (κ2) is 8.12. The molecule has 0 bridgehead atoms. The van der Waals surface area contributed by atoms with Crippen molar-refractivity contribution in [3.8, 4) is 11.5 Å². The summed E-state index contributed by atoms with van der Waals surface area (Å²) in [4.78, 5) is 2.38. The van der Waals surface area contributed by atoms with E-state index in [-0.39, 0.29) is 11.5 Å². The molecule has 0 fully saturated rings. The van der Waals surface area contributed by atoms with Gasteiger partial charge in [0.2, 0.25) is 0 Å². The van der Waals surface area contributed by atoms with Gasteiger partial charge in [0.1, 0.15) is 11.5 Å². The molecular weight excluding hydrogens is 190 g/mol. The molecule has 0 radical (unpaired) electrons. The lowest BCUT2D eigenvalue weighted by molar-refractivity contribution is 0.321. The van der Waals surface area contributed by atoms with E-state index in [0.29, 0.717) is 0 Å². The van der Waals surface area contributed by atoms with Crippen molar-refractivity contribution in [2.24, 2.45) is 0 Å². The van der Waals surface area contributed by atoms with Crippen molar-refractivity contribution in [2.45, 2.75) is 20.8 Å². The molecule has 0 saturated carbocycles. The molecule has 0 unspecified atom stereocenters. The summed E-state index contributed by atoms with van der Waals surface area (Å²) in [6.45, 7) is 10.1. The van der Waals surface area contributed by atoms with Gasteiger partial charge in [-0.2, -0.15) is 0 Å². The molecule has 1 rings (SSSR count). The Balaban J connectivity index is 0.000000265. The number of nitrogens with zero attached hydrogens (tertiary/aromatic N) is 1. The summed E-state index contributed by atoms with van der Waals surface area (Å²) in [5, 5.41) is 17.3. The van der Waals surface area contributed by atoms with Crippen LogP contribution in [0.1, 0.15) is 20.8 Å². The molecule has 0 aliphatic heterocycles. The van der Waals surface area contributed by atoms with Crippen LogP contribution < -0.4 is 0 Å². The van der Waals surface area contributed by atoms with Gasteiger partial charge in [0.05, 0.1) is 0 Å². The smallest absolute Gasteiger partial charge is 0.119 e. The van der Waals surface area contributed by atoms with Crippen LogP contribution in [0, 0.1) is 0 Å². The Morgan fingerprint density at radius 3 is 1.47 bits per heavy atom. The number of rotatable bonds is 3. The first-order chi connectivity index (χ1) is 7.13. The fourth-order valence-corrected chi connectivity index (χ4v) is 1.16. The maximum Gasteiger partial charge on any atom is 0.119 e. The van der Waals surface area contributed by atoms with Crippen LogP contribution in [0.5, 0.6) is 11.5 Å². The highest BCUT2D eigenvalue weighted by atomic mass is 16.3. The van der Waals surface area contributed by atoms with Crippen LogP contribution >= 0.6 is 0 Å². The molecule has 0 atom stereocenters. The van der Waals surface area contributed by atoms with E-state index in [2.05, 4.69) is 25.7 Å². The minimum atomic E-state index is 0.0880. The van der Waals surface area contributed by atoms with E-state index in [0.717, 1.165) is 0 Å². The third-order valence-corrected chi connectivity index (χ3v) is 2.17. The zero-order valence-corrected chi connectivity index (χ0v) is 9.77. The second-order valence-electron chi connectivity index (χ2n) is 3.14. The van der Waals surface area contributed by atoms with Crippen LogP contribution in [0.4, 0.5) is 0 Å². The molecule has 1 aromatic carbocycles. The summed E-state index contributed by atoms with van der Waals surface area (Å²) < 4.78 is 0. The maximum atomic E-state index is 8.65. The van der Waals surface area contributed by atoms with E-state index in [9.17, 15) is 0 Å². The molecule has 1 aromatic rings. The molecule has 3 nitrogen and oxygen atoms in total. The molecule has 0 saturated heterocycles. The van der Waals surface area contributed by atoms with E-state index in [1.807, 2.05) is 0 Å². The van der Waals surface area contributed by atoms with Crippen molar-refractivity contribution in [3.63, 3.8) is 0 Å². The predicted molar refractivity (Wildman–Crippen MR) is 63.2 cm³/mol. The van der Waals surface area contributed by atoms with Gasteiger partial charge in [-0.15, -0.1) is 0 Å². The quantitative estimate of drug-likeness (QED) is 0.807. The van der Waals surface area contributed by atoms with Gasteiger partial charge < -0.3 is 15.1 Å². The van der Waals surface area contributed by atoms with Crippen LogP contribution in [-0.2, 0) is 0 Å². The number of aromatic hydroxyl groups is 2. The van der Waals surface area contributed by atoms with Gasteiger partial charge in [-0.05, 0) is 31.8 Å². The fraction of sp³-hybridized carbons (Fsp3) is 0.500. The summed E-state index contributed by atoms with van der Waals surface area (Å²) in [6.07, 6.45) is 0. The molecule has 3 heteroatoms. The van der Waals surface area contributed by atoms with Crippen LogP contribution in [-0.4, -0.2) is 34.7 Å². The SMILES string of the molecule is CCN(CC)CC.Oc1cccc(O)c1. The van der Waals surface area contributed by atoms with E-state index < -0.39 is 0 Å². The zero-order valence-electron chi connectivity index (χ0n) is 9.77. The van der Waals surface area contributed by atoms with E-state index in [4.69, 9.17) is 10.2 Å². The fourth-order valence-electron chi connectivity index (χ4n) is 1.16. The largest absolute Gasteiger partial charge is 0.508 e. The Morgan fingerprint density at radius 2 is 1.33 bits per heavy atom. The summed E-state index contributed by atoms with van der Waals surface area (Å²) in [7, 11) is 0. The number of phenolic OH excluding ortho intramolecular Hbond substituents is 2. The molecule has 0 spiro atoms. The highest BCUT2D eigenvalue weighted by molar-refractivity contribution is 5.30. The molecule has 2 N–H and O–H groups in total. The Morgan fingerprint density at radius 1 is 0.933 bits per heavy atom. The minimum absolute atomic E-state index is 0.0880. The Labute approximate surface area is 92.0 Å². The lowest BCUT2D eigenvalue weighted by Gasteiger charge is -2.13. The predicted octanol–water partition coefficient (Wildman–Crippen LogP) is 2.45. The molecular formula is C12H21NO2. The first kappa shape index (κ1) is 13.8. The van der Waals surface area contributed by atoms with Gasteiger partial charge in [-0.25, -0.2) is 0 Å². The van der Waals surface area contributed by atoms with Crippen molar-refractivity contribution in [2.75, 3.05) is 19.6 Å². The second-order valence-corrected chi connectivity index (χ2v) is 3.14. The van der Waals surface area contributed by atoms with Crippen LogP contribution in [0.15, 0.2) is 24.3 Å². The molecule has 86 valence electrons. The number of benzene rings is 1. The van der Waals surface area contributed by atoms with Gasteiger partial charge in [-0.1, -0.05) is 26.8 Å². The Bertz CT molecular complexity index is 237. The number of hydrogen-bond acceptors (Lipinski definition) is 3. The highest BCUT2D eigenvalue weighted by Crippen LogP contribution is 2.14. The summed E-state index contributed by atoms with van der Waals surface area (Å²) in [6, 6.07) is 5.85. The van der Waals surface area contributed by atoms with Crippen molar-refractivity contribution in [1.29, 1.82) is 0 Å². The van der Waals surface area contributed by atoms with Gasteiger partial charge in [0, 0.05) is 6.07 Å². The van der Waals surface area contributed by atoms with Gasteiger partial charge in [0.25, 0.3) is 0 Å². The van der Waals surface area contributed by atoms with Crippen LogP contribution in [0.2, 0.25) is 0 Å². The van der Waals surface area contributed by atoms with E-state index in [1.165, 1.54) is 37.8 Å². The summed E-state index contributed by atoms with van der Waals surface area (Å²) in [5.74, 6) is 0.176. The Kier molecular flexibility index (Phi) is 7.46. The third-order valence-electron chi connectivity index (χ3n) is 2.17. The van der Waals surface area contributed by atoms with Crippen molar-refractivity contribution >= 4 is 0 Å². The standard InChI is InChI=1S/C6H15N.C6H6O2/c1-4-7(5-2)6-3;7-5-2-1-3-6(8)4-5/h4-6H2,1-3H3;1-4,7-8H. The first-order valence-corrected chi connectivity index (χ1v) is 5.34. The monoisotopic (exact) mass is 211 g/mol. The lowest BCUT2D eigenvalue weighted by atomic mass is 10.3.